The van der Waals surface area contributed by atoms with Gasteiger partial charge in [-0.2, -0.15) is 0 Å². The largest absolute Gasteiger partial charge is 0.484 e. The van der Waals surface area contributed by atoms with Crippen LogP contribution in [0.15, 0.2) is 24.3 Å². The Balaban J connectivity index is 1.33. The average molecular weight is 367 g/mol. The third kappa shape index (κ3) is 3.93. The van der Waals surface area contributed by atoms with Crippen LogP contribution in [0.25, 0.3) is 4.85 Å². The van der Waals surface area contributed by atoms with Crippen LogP contribution in [0.2, 0.25) is 0 Å². The molecule has 1 fully saturated rings. The van der Waals surface area contributed by atoms with Crippen LogP contribution in [0.5, 0.6) is 17.5 Å². The molecule has 0 radical (unpaired) electrons. The first-order valence-corrected chi connectivity index (χ1v) is 9.11. The molecule has 2 aromatic heterocycles. The van der Waals surface area contributed by atoms with E-state index in [1.54, 1.807) is 12.1 Å². The van der Waals surface area contributed by atoms with Gasteiger partial charge in [-0.3, -0.25) is 4.90 Å². The lowest BCUT2D eigenvalue weighted by atomic mass is 10.0. The molecule has 0 amide bonds. The summed E-state index contributed by atoms with van der Waals surface area (Å²) >= 11 is 0. The first-order valence-electron chi connectivity index (χ1n) is 9.11. The maximum absolute atomic E-state index is 6.91. The third-order valence-electron chi connectivity index (χ3n) is 4.91. The van der Waals surface area contributed by atoms with Crippen LogP contribution >= 0.6 is 0 Å². The fraction of sp³-hybridized carbons (Fsp3) is 0.474. The Morgan fingerprint density at radius 1 is 1.15 bits per heavy atom. The van der Waals surface area contributed by atoms with E-state index in [1.165, 1.54) is 0 Å². The first-order chi connectivity index (χ1) is 13.2. The van der Waals surface area contributed by atoms with Gasteiger partial charge >= 0.3 is 0 Å². The van der Waals surface area contributed by atoms with Crippen molar-refractivity contribution in [3.8, 4) is 17.5 Å². The molecule has 2 aliphatic rings. The number of rotatable bonds is 4. The second kappa shape index (κ2) is 7.76. The standard InChI is InChI=1S/C19H21N5O3/c1-13(15-3-4-16-19(21-15)26-12-11-25-16)24-9-7-14(8-10-24)27-18-6-5-17(20-2)22-23-18/h3-6,13-14H,7-12H2,1H3/t13-/m0/s1. The van der Waals surface area contributed by atoms with Crippen molar-refractivity contribution in [1.29, 1.82) is 0 Å². The average Bonchev–Trinajstić information content (AvgIpc) is 2.74. The van der Waals surface area contributed by atoms with Crippen molar-refractivity contribution in [2.75, 3.05) is 26.3 Å². The van der Waals surface area contributed by atoms with Crippen molar-refractivity contribution >= 4 is 5.82 Å². The summed E-state index contributed by atoms with van der Waals surface area (Å²) in [6.45, 7) is 12.0. The molecule has 8 nitrogen and oxygen atoms in total. The predicted octanol–water partition coefficient (Wildman–Crippen LogP) is 2.80. The highest BCUT2D eigenvalue weighted by Gasteiger charge is 2.26. The molecule has 1 atom stereocenters. The summed E-state index contributed by atoms with van der Waals surface area (Å²) in [5.41, 5.74) is 0.985. The maximum atomic E-state index is 6.91. The van der Waals surface area contributed by atoms with Gasteiger partial charge in [-0.05, 0) is 49.1 Å². The second-order valence-corrected chi connectivity index (χ2v) is 6.61. The number of ether oxygens (including phenoxy) is 3. The monoisotopic (exact) mass is 367 g/mol. The molecule has 2 aliphatic heterocycles. The van der Waals surface area contributed by atoms with Gasteiger partial charge < -0.3 is 19.1 Å². The van der Waals surface area contributed by atoms with Crippen LogP contribution in [0.1, 0.15) is 31.5 Å². The van der Waals surface area contributed by atoms with Crippen LogP contribution < -0.4 is 14.2 Å². The molecular formula is C19H21N5O3. The molecule has 27 heavy (non-hydrogen) atoms. The summed E-state index contributed by atoms with van der Waals surface area (Å²) in [6.07, 6.45) is 1.91. The molecule has 0 bridgehead atoms. The van der Waals surface area contributed by atoms with Gasteiger partial charge in [0.2, 0.25) is 0 Å². The summed E-state index contributed by atoms with van der Waals surface area (Å²) in [7, 11) is 0. The Labute approximate surface area is 157 Å². The minimum absolute atomic E-state index is 0.106. The molecule has 2 aromatic rings. The number of hydrogen-bond acceptors (Lipinski definition) is 7. The highest BCUT2D eigenvalue weighted by Crippen LogP contribution is 2.31. The Bertz CT molecular complexity index is 828. The van der Waals surface area contributed by atoms with E-state index in [4.69, 9.17) is 20.8 Å². The lowest BCUT2D eigenvalue weighted by Crippen LogP contribution is -2.40. The Hall–Kier alpha value is -2.92. The van der Waals surface area contributed by atoms with Gasteiger partial charge in [0.05, 0.1) is 5.69 Å². The van der Waals surface area contributed by atoms with Crippen LogP contribution in [0.3, 0.4) is 0 Å². The number of pyridine rings is 1. The maximum Gasteiger partial charge on any atom is 0.296 e. The van der Waals surface area contributed by atoms with Crippen LogP contribution in [0, 0.1) is 6.57 Å². The highest BCUT2D eigenvalue weighted by molar-refractivity contribution is 5.36. The number of aromatic nitrogens is 3. The molecule has 0 spiro atoms. The van der Waals surface area contributed by atoms with E-state index < -0.39 is 0 Å². The number of fused-ring (bicyclic) bond motifs is 1. The summed E-state index contributed by atoms with van der Waals surface area (Å²) < 4.78 is 17.0. The summed E-state index contributed by atoms with van der Waals surface area (Å²) in [6, 6.07) is 7.47. The fourth-order valence-electron chi connectivity index (χ4n) is 3.35. The van der Waals surface area contributed by atoms with Gasteiger partial charge in [0, 0.05) is 24.2 Å². The van der Waals surface area contributed by atoms with Gasteiger partial charge in [0.1, 0.15) is 19.3 Å². The van der Waals surface area contributed by atoms with Crippen LogP contribution in [-0.4, -0.2) is 52.5 Å². The lowest BCUT2D eigenvalue weighted by Gasteiger charge is -2.35. The molecule has 4 rings (SSSR count). The molecule has 0 N–H and O–H groups in total. The summed E-state index contributed by atoms with van der Waals surface area (Å²) in [5.74, 6) is 2.06. The van der Waals surface area contributed by atoms with E-state index in [9.17, 15) is 0 Å². The molecule has 140 valence electrons. The van der Waals surface area contributed by atoms with E-state index in [0.29, 0.717) is 25.0 Å². The minimum atomic E-state index is 0.106. The van der Waals surface area contributed by atoms with Crippen molar-refractivity contribution in [3.63, 3.8) is 0 Å². The first kappa shape index (κ1) is 17.5. The quantitative estimate of drug-likeness (QED) is 0.769. The molecule has 4 heterocycles. The van der Waals surface area contributed by atoms with Crippen molar-refractivity contribution in [2.24, 2.45) is 0 Å². The molecule has 0 aromatic carbocycles. The minimum Gasteiger partial charge on any atom is -0.484 e. The molecular weight excluding hydrogens is 346 g/mol. The lowest BCUT2D eigenvalue weighted by molar-refractivity contribution is 0.0747. The zero-order chi connectivity index (χ0) is 18.6. The second-order valence-electron chi connectivity index (χ2n) is 6.61. The van der Waals surface area contributed by atoms with Gasteiger partial charge in [-0.15, -0.1) is 0 Å². The number of nitrogens with zero attached hydrogens (tertiary/aromatic N) is 5. The van der Waals surface area contributed by atoms with E-state index in [0.717, 1.165) is 37.4 Å². The predicted molar refractivity (Wildman–Crippen MR) is 97.2 cm³/mol. The number of hydrogen-bond donors (Lipinski definition) is 0. The normalized spacial score (nSPS) is 18.5. The molecule has 0 aliphatic carbocycles. The summed E-state index contributed by atoms with van der Waals surface area (Å²) in [5, 5.41) is 7.76. The zero-order valence-electron chi connectivity index (χ0n) is 15.2. The topological polar surface area (TPSA) is 74.0 Å². The van der Waals surface area contributed by atoms with Gasteiger partial charge in [0.25, 0.3) is 17.6 Å². The van der Waals surface area contributed by atoms with Crippen molar-refractivity contribution in [3.05, 3.63) is 41.4 Å². The van der Waals surface area contributed by atoms with Crippen molar-refractivity contribution < 1.29 is 14.2 Å². The molecule has 8 heteroatoms. The van der Waals surface area contributed by atoms with Crippen LogP contribution in [-0.2, 0) is 0 Å². The van der Waals surface area contributed by atoms with Gasteiger partial charge in [0.15, 0.2) is 5.75 Å². The zero-order valence-corrected chi connectivity index (χ0v) is 15.2. The fourth-order valence-corrected chi connectivity index (χ4v) is 3.35. The van der Waals surface area contributed by atoms with E-state index >= 15 is 0 Å². The van der Waals surface area contributed by atoms with Gasteiger partial charge in [-0.1, -0.05) is 6.57 Å². The third-order valence-corrected chi connectivity index (χ3v) is 4.91. The molecule has 0 unspecified atom stereocenters. The van der Waals surface area contributed by atoms with Crippen molar-refractivity contribution in [2.45, 2.75) is 31.9 Å². The Kier molecular flexibility index (Phi) is 5.03. The Morgan fingerprint density at radius 2 is 1.96 bits per heavy atom. The smallest absolute Gasteiger partial charge is 0.296 e. The number of piperidine rings is 1. The van der Waals surface area contributed by atoms with Crippen molar-refractivity contribution in [1.82, 2.24) is 20.1 Å². The SMILES string of the molecule is [C-]#[N+]c1ccc(OC2CCN([C@@H](C)c3ccc4c(n3)OCCO4)CC2)nn1. The van der Waals surface area contributed by atoms with Gasteiger partial charge in [-0.25, -0.2) is 4.98 Å². The molecule has 1 saturated heterocycles. The van der Waals surface area contributed by atoms with E-state index in [-0.39, 0.29) is 18.0 Å². The van der Waals surface area contributed by atoms with E-state index in [2.05, 4.69) is 31.9 Å². The van der Waals surface area contributed by atoms with E-state index in [1.807, 2.05) is 12.1 Å². The Morgan fingerprint density at radius 3 is 2.70 bits per heavy atom. The highest BCUT2D eigenvalue weighted by atomic mass is 16.6. The van der Waals surface area contributed by atoms with Crippen LogP contribution in [0.4, 0.5) is 5.82 Å². The summed E-state index contributed by atoms with van der Waals surface area (Å²) in [4.78, 5) is 10.3. The number of likely N-dealkylation sites (tertiary alicyclic amines) is 1. The molecule has 0 saturated carbocycles.